The lowest BCUT2D eigenvalue weighted by Gasteiger charge is -2.07. The number of nitro groups is 1. The minimum Gasteiger partial charge on any atom is -0.490 e. The van der Waals surface area contributed by atoms with Gasteiger partial charge in [-0.3, -0.25) is 19.7 Å². The van der Waals surface area contributed by atoms with Crippen molar-refractivity contribution in [2.45, 2.75) is 26.2 Å². The number of nitrogens with zero attached hydrogens (tertiary/aromatic N) is 1. The fourth-order valence-electron chi connectivity index (χ4n) is 1.66. The highest BCUT2D eigenvalue weighted by Gasteiger charge is 2.07. The zero-order chi connectivity index (χ0) is 17.1. The van der Waals surface area contributed by atoms with E-state index in [1.807, 2.05) is 0 Å². The lowest BCUT2D eigenvalue weighted by Crippen LogP contribution is -2.12. The summed E-state index contributed by atoms with van der Waals surface area (Å²) in [5.41, 5.74) is -0.0228. The van der Waals surface area contributed by atoms with Crippen molar-refractivity contribution in [3.8, 4) is 5.75 Å². The average molecular weight is 325 g/mol. The number of carbonyl (C=O) groups is 2. The topological polar surface area (TPSA) is 105 Å². The van der Waals surface area contributed by atoms with Crippen molar-refractivity contribution >= 4 is 17.6 Å². The lowest BCUT2D eigenvalue weighted by molar-refractivity contribution is -0.384. The summed E-state index contributed by atoms with van der Waals surface area (Å²) >= 11 is 0. The summed E-state index contributed by atoms with van der Waals surface area (Å²) < 4.78 is 15.0. The second-order valence-corrected chi connectivity index (χ2v) is 4.48. The summed E-state index contributed by atoms with van der Waals surface area (Å²) in [6.07, 6.45) is 0.694. The van der Waals surface area contributed by atoms with Gasteiger partial charge in [-0.15, -0.1) is 0 Å². The van der Waals surface area contributed by atoms with Crippen LogP contribution in [0.2, 0.25) is 0 Å². The molecular weight excluding hydrogens is 306 g/mol. The summed E-state index contributed by atoms with van der Waals surface area (Å²) in [4.78, 5) is 32.5. The van der Waals surface area contributed by atoms with Crippen molar-refractivity contribution < 1.29 is 28.7 Å². The summed E-state index contributed by atoms with van der Waals surface area (Å²) in [5.74, 6) is -0.294. The van der Waals surface area contributed by atoms with E-state index in [1.54, 1.807) is 6.92 Å². The molecule has 0 saturated carbocycles. The smallest absolute Gasteiger partial charge is 0.305 e. The first-order chi connectivity index (χ1) is 11.0. The van der Waals surface area contributed by atoms with Crippen LogP contribution in [0.4, 0.5) is 5.69 Å². The van der Waals surface area contributed by atoms with Crippen LogP contribution in [0.25, 0.3) is 0 Å². The molecule has 0 amide bonds. The quantitative estimate of drug-likeness (QED) is 0.281. The second-order valence-electron chi connectivity index (χ2n) is 4.48. The Hall–Kier alpha value is -2.64. The normalized spacial score (nSPS) is 9.96. The van der Waals surface area contributed by atoms with Gasteiger partial charge in [0.05, 0.1) is 11.5 Å². The van der Waals surface area contributed by atoms with Gasteiger partial charge in [0.1, 0.15) is 19.0 Å². The monoisotopic (exact) mass is 325 g/mol. The van der Waals surface area contributed by atoms with Crippen molar-refractivity contribution in [1.29, 1.82) is 0 Å². The minimum absolute atomic E-state index is 0.0228. The van der Waals surface area contributed by atoms with E-state index in [0.29, 0.717) is 18.8 Å². The number of esters is 2. The molecule has 0 bridgehead atoms. The second kappa shape index (κ2) is 10.1. The first kappa shape index (κ1) is 18.4. The van der Waals surface area contributed by atoms with Gasteiger partial charge in [-0.1, -0.05) is 0 Å². The molecule has 0 atom stereocenters. The molecule has 0 fully saturated rings. The molecule has 8 nitrogen and oxygen atoms in total. The van der Waals surface area contributed by atoms with E-state index in [1.165, 1.54) is 24.3 Å². The Labute approximate surface area is 133 Å². The molecule has 1 aromatic carbocycles. The highest BCUT2D eigenvalue weighted by atomic mass is 16.6. The van der Waals surface area contributed by atoms with Crippen LogP contribution in [0.1, 0.15) is 26.2 Å². The molecule has 0 aliphatic heterocycles. The predicted molar refractivity (Wildman–Crippen MR) is 80.0 cm³/mol. The van der Waals surface area contributed by atoms with E-state index in [9.17, 15) is 19.7 Å². The molecule has 1 rings (SSSR count). The van der Waals surface area contributed by atoms with Crippen LogP contribution in [0, 0.1) is 10.1 Å². The zero-order valence-corrected chi connectivity index (χ0v) is 12.9. The van der Waals surface area contributed by atoms with E-state index >= 15 is 0 Å². The van der Waals surface area contributed by atoms with Crippen LogP contribution in [-0.2, 0) is 19.1 Å². The Morgan fingerprint density at radius 3 is 2.22 bits per heavy atom. The summed E-state index contributed by atoms with van der Waals surface area (Å²) in [5, 5.41) is 10.5. The largest absolute Gasteiger partial charge is 0.490 e. The first-order valence-electron chi connectivity index (χ1n) is 7.21. The molecule has 0 radical (unpaired) electrons. The fourth-order valence-corrected chi connectivity index (χ4v) is 1.66. The SMILES string of the molecule is CCOC(=O)CCCC(=O)OCCOc1ccc([N+](=O)[O-])cc1. The van der Waals surface area contributed by atoms with Gasteiger partial charge in [0.2, 0.25) is 0 Å². The summed E-state index contributed by atoms with van der Waals surface area (Å²) in [6.45, 7) is 2.25. The van der Waals surface area contributed by atoms with Gasteiger partial charge >= 0.3 is 11.9 Å². The number of nitro benzene ring substituents is 1. The number of carbonyl (C=O) groups excluding carboxylic acids is 2. The minimum atomic E-state index is -0.498. The lowest BCUT2D eigenvalue weighted by atomic mass is 10.2. The number of benzene rings is 1. The van der Waals surface area contributed by atoms with Crippen LogP contribution in [0.5, 0.6) is 5.75 Å². The van der Waals surface area contributed by atoms with Gasteiger partial charge < -0.3 is 14.2 Å². The molecule has 0 heterocycles. The van der Waals surface area contributed by atoms with E-state index in [0.717, 1.165) is 0 Å². The molecule has 0 saturated heterocycles. The molecule has 8 heteroatoms. The van der Waals surface area contributed by atoms with Crippen molar-refractivity contribution in [3.05, 3.63) is 34.4 Å². The molecule has 0 aromatic heterocycles. The van der Waals surface area contributed by atoms with Gasteiger partial charge in [-0.05, 0) is 25.5 Å². The van der Waals surface area contributed by atoms with E-state index < -0.39 is 10.9 Å². The van der Waals surface area contributed by atoms with Crippen LogP contribution in [0.15, 0.2) is 24.3 Å². The molecule has 1 aromatic rings. The van der Waals surface area contributed by atoms with E-state index in [4.69, 9.17) is 14.2 Å². The Morgan fingerprint density at radius 1 is 1.04 bits per heavy atom. The van der Waals surface area contributed by atoms with Crippen molar-refractivity contribution in [2.75, 3.05) is 19.8 Å². The Balaban J connectivity index is 2.13. The van der Waals surface area contributed by atoms with Crippen LogP contribution in [-0.4, -0.2) is 36.7 Å². The van der Waals surface area contributed by atoms with Gasteiger partial charge in [-0.25, -0.2) is 0 Å². The maximum Gasteiger partial charge on any atom is 0.305 e. The zero-order valence-electron chi connectivity index (χ0n) is 12.9. The molecule has 0 aliphatic carbocycles. The van der Waals surface area contributed by atoms with Gasteiger partial charge in [-0.2, -0.15) is 0 Å². The molecule has 23 heavy (non-hydrogen) atoms. The van der Waals surface area contributed by atoms with E-state index in [2.05, 4.69) is 0 Å². The maximum absolute atomic E-state index is 11.4. The first-order valence-corrected chi connectivity index (χ1v) is 7.21. The molecule has 126 valence electrons. The molecule has 0 aliphatic rings. The van der Waals surface area contributed by atoms with Gasteiger partial charge in [0.15, 0.2) is 0 Å². The fraction of sp³-hybridized carbons (Fsp3) is 0.467. The summed E-state index contributed by atoms with van der Waals surface area (Å²) in [6, 6.07) is 5.60. The number of non-ortho nitro benzene ring substituents is 1. The van der Waals surface area contributed by atoms with E-state index in [-0.39, 0.29) is 37.7 Å². The number of hydrogen-bond donors (Lipinski definition) is 0. The third-order valence-corrected chi connectivity index (χ3v) is 2.73. The van der Waals surface area contributed by atoms with Gasteiger partial charge in [0.25, 0.3) is 5.69 Å². The molecule has 0 N–H and O–H groups in total. The van der Waals surface area contributed by atoms with Crippen molar-refractivity contribution in [3.63, 3.8) is 0 Å². The predicted octanol–water partition coefficient (Wildman–Crippen LogP) is 2.25. The average Bonchev–Trinajstić information content (AvgIpc) is 2.52. The Bertz CT molecular complexity index is 527. The highest BCUT2D eigenvalue weighted by Crippen LogP contribution is 2.17. The summed E-state index contributed by atoms with van der Waals surface area (Å²) in [7, 11) is 0. The van der Waals surface area contributed by atoms with Gasteiger partial charge in [0, 0.05) is 25.0 Å². The number of ether oxygens (including phenoxy) is 3. The van der Waals surface area contributed by atoms with Crippen molar-refractivity contribution in [1.82, 2.24) is 0 Å². The van der Waals surface area contributed by atoms with Crippen molar-refractivity contribution in [2.24, 2.45) is 0 Å². The molecule has 0 unspecified atom stereocenters. The third kappa shape index (κ3) is 7.79. The van der Waals surface area contributed by atoms with Crippen LogP contribution in [0.3, 0.4) is 0 Å². The standard InChI is InChI=1S/C15H19NO7/c1-2-21-14(17)4-3-5-15(18)23-11-10-22-13-8-6-12(7-9-13)16(19)20/h6-9H,2-5,10-11H2,1H3. The molecule has 0 spiro atoms. The number of hydrogen-bond acceptors (Lipinski definition) is 7. The van der Waals surface area contributed by atoms with Crippen LogP contribution >= 0.6 is 0 Å². The van der Waals surface area contributed by atoms with Crippen LogP contribution < -0.4 is 4.74 Å². The number of rotatable bonds is 10. The highest BCUT2D eigenvalue weighted by molar-refractivity contribution is 5.72. The molecular formula is C15H19NO7. The Kier molecular flexibility index (Phi) is 8.12. The third-order valence-electron chi connectivity index (χ3n) is 2.73. The maximum atomic E-state index is 11.4. The Morgan fingerprint density at radius 2 is 1.65 bits per heavy atom.